The van der Waals surface area contributed by atoms with Crippen LogP contribution in [0.1, 0.15) is 19.3 Å². The van der Waals surface area contributed by atoms with E-state index in [2.05, 4.69) is 6.07 Å². The SMILES string of the molecule is N#C[C@H]1CCC[C@H]1O. The number of nitrogens with zero attached hydrogens (tertiary/aromatic N) is 1. The van der Waals surface area contributed by atoms with Crippen LogP contribution in [-0.2, 0) is 0 Å². The lowest BCUT2D eigenvalue weighted by molar-refractivity contribution is 0.156. The van der Waals surface area contributed by atoms with Gasteiger partial charge in [-0.05, 0) is 19.3 Å². The van der Waals surface area contributed by atoms with Crippen molar-refractivity contribution in [1.29, 1.82) is 5.26 Å². The first-order valence-electron chi connectivity index (χ1n) is 2.92. The highest BCUT2D eigenvalue weighted by Gasteiger charge is 2.24. The summed E-state index contributed by atoms with van der Waals surface area (Å²) < 4.78 is 0. The van der Waals surface area contributed by atoms with Gasteiger partial charge in [0, 0.05) is 0 Å². The largest absolute Gasteiger partial charge is 0.392 e. The van der Waals surface area contributed by atoms with Crippen molar-refractivity contribution in [3.63, 3.8) is 0 Å². The molecule has 0 saturated heterocycles. The Kier molecular flexibility index (Phi) is 1.50. The monoisotopic (exact) mass is 111 g/mol. The Morgan fingerprint density at radius 1 is 1.50 bits per heavy atom. The quantitative estimate of drug-likeness (QED) is 0.499. The maximum Gasteiger partial charge on any atom is 0.0722 e. The molecule has 0 aromatic rings. The molecular weight excluding hydrogens is 102 g/mol. The molecule has 8 heavy (non-hydrogen) atoms. The van der Waals surface area contributed by atoms with Crippen LogP contribution < -0.4 is 0 Å². The van der Waals surface area contributed by atoms with E-state index < -0.39 is 0 Å². The maximum atomic E-state index is 8.97. The molecule has 0 aromatic heterocycles. The summed E-state index contributed by atoms with van der Waals surface area (Å²) in [6, 6.07) is 2.06. The fourth-order valence-corrected chi connectivity index (χ4v) is 1.09. The molecule has 0 bridgehead atoms. The van der Waals surface area contributed by atoms with E-state index in [0.29, 0.717) is 0 Å². The number of aliphatic hydroxyl groups excluding tert-OH is 1. The smallest absolute Gasteiger partial charge is 0.0722 e. The van der Waals surface area contributed by atoms with Crippen molar-refractivity contribution in [3.05, 3.63) is 0 Å². The van der Waals surface area contributed by atoms with Gasteiger partial charge in [0.05, 0.1) is 18.1 Å². The second kappa shape index (κ2) is 2.15. The van der Waals surface area contributed by atoms with E-state index in [1.807, 2.05) is 0 Å². The van der Waals surface area contributed by atoms with Crippen LogP contribution in [0.2, 0.25) is 0 Å². The third kappa shape index (κ3) is 0.823. The van der Waals surface area contributed by atoms with Crippen molar-refractivity contribution in [3.8, 4) is 6.07 Å². The molecule has 1 saturated carbocycles. The lowest BCUT2D eigenvalue weighted by Crippen LogP contribution is -2.09. The summed E-state index contributed by atoms with van der Waals surface area (Å²) in [5.41, 5.74) is 0. The normalized spacial score (nSPS) is 37.0. The van der Waals surface area contributed by atoms with Gasteiger partial charge in [-0.15, -0.1) is 0 Å². The lowest BCUT2D eigenvalue weighted by atomic mass is 10.1. The van der Waals surface area contributed by atoms with Gasteiger partial charge in [0.1, 0.15) is 0 Å². The Morgan fingerprint density at radius 2 is 2.25 bits per heavy atom. The van der Waals surface area contributed by atoms with E-state index in [-0.39, 0.29) is 12.0 Å². The van der Waals surface area contributed by atoms with Crippen LogP contribution >= 0.6 is 0 Å². The molecule has 44 valence electrons. The molecule has 1 rings (SSSR count). The van der Waals surface area contributed by atoms with E-state index in [0.717, 1.165) is 19.3 Å². The highest BCUT2D eigenvalue weighted by atomic mass is 16.3. The Labute approximate surface area is 48.7 Å². The number of hydrogen-bond donors (Lipinski definition) is 1. The molecule has 0 heterocycles. The van der Waals surface area contributed by atoms with Gasteiger partial charge in [-0.3, -0.25) is 0 Å². The molecule has 0 aliphatic heterocycles. The number of aliphatic hydroxyl groups is 1. The Morgan fingerprint density at radius 3 is 2.50 bits per heavy atom. The Bertz CT molecular complexity index is 116. The van der Waals surface area contributed by atoms with Crippen molar-refractivity contribution in [1.82, 2.24) is 0 Å². The van der Waals surface area contributed by atoms with Gasteiger partial charge in [-0.25, -0.2) is 0 Å². The van der Waals surface area contributed by atoms with Crippen molar-refractivity contribution < 1.29 is 5.11 Å². The summed E-state index contributed by atoms with van der Waals surface area (Å²) in [5, 5.41) is 17.3. The zero-order valence-electron chi connectivity index (χ0n) is 4.67. The molecule has 2 heteroatoms. The number of rotatable bonds is 0. The highest BCUT2D eigenvalue weighted by Crippen LogP contribution is 2.23. The molecule has 0 amide bonds. The third-order valence-corrected chi connectivity index (χ3v) is 1.65. The standard InChI is InChI=1S/C6H9NO/c7-4-5-2-1-3-6(5)8/h5-6,8H,1-3H2/t5-,6-/m1/s1. The molecule has 1 fully saturated rings. The van der Waals surface area contributed by atoms with E-state index in [1.54, 1.807) is 0 Å². The summed E-state index contributed by atoms with van der Waals surface area (Å²) in [6.07, 6.45) is 2.38. The Balaban J connectivity index is 2.45. The van der Waals surface area contributed by atoms with Crippen molar-refractivity contribution >= 4 is 0 Å². The fourth-order valence-electron chi connectivity index (χ4n) is 1.09. The second-order valence-corrected chi connectivity index (χ2v) is 2.23. The minimum Gasteiger partial charge on any atom is -0.392 e. The van der Waals surface area contributed by atoms with Crippen LogP contribution in [0, 0.1) is 17.2 Å². The fraction of sp³-hybridized carbons (Fsp3) is 0.833. The molecule has 0 spiro atoms. The summed E-state index contributed by atoms with van der Waals surface area (Å²) in [5.74, 6) is -0.0741. The molecule has 1 aliphatic rings. The van der Waals surface area contributed by atoms with Crippen LogP contribution in [0.5, 0.6) is 0 Å². The van der Waals surface area contributed by atoms with Crippen molar-refractivity contribution in [2.75, 3.05) is 0 Å². The van der Waals surface area contributed by atoms with Crippen molar-refractivity contribution in [2.45, 2.75) is 25.4 Å². The number of nitriles is 1. The summed E-state index contributed by atoms with van der Waals surface area (Å²) in [7, 11) is 0. The minimum absolute atomic E-state index is 0.0741. The molecular formula is C6H9NO. The first-order chi connectivity index (χ1) is 3.84. The average Bonchev–Trinajstić information content (AvgIpc) is 2.14. The van der Waals surface area contributed by atoms with Gasteiger partial charge in [-0.1, -0.05) is 0 Å². The van der Waals surface area contributed by atoms with Crippen LogP contribution in [0.4, 0.5) is 0 Å². The Hall–Kier alpha value is -0.550. The first kappa shape index (κ1) is 5.58. The topological polar surface area (TPSA) is 44.0 Å². The lowest BCUT2D eigenvalue weighted by Gasteiger charge is -2.01. The van der Waals surface area contributed by atoms with Gasteiger partial charge in [-0.2, -0.15) is 5.26 Å². The second-order valence-electron chi connectivity index (χ2n) is 2.23. The highest BCUT2D eigenvalue weighted by molar-refractivity contribution is 4.92. The zero-order chi connectivity index (χ0) is 5.98. The van der Waals surface area contributed by atoms with Crippen LogP contribution in [-0.4, -0.2) is 11.2 Å². The maximum absolute atomic E-state index is 8.97. The molecule has 2 nitrogen and oxygen atoms in total. The third-order valence-electron chi connectivity index (χ3n) is 1.65. The van der Waals surface area contributed by atoms with Crippen LogP contribution in [0.25, 0.3) is 0 Å². The van der Waals surface area contributed by atoms with Gasteiger partial charge in [0.25, 0.3) is 0 Å². The molecule has 1 N–H and O–H groups in total. The minimum atomic E-state index is -0.333. The molecule has 1 aliphatic carbocycles. The summed E-state index contributed by atoms with van der Waals surface area (Å²) in [4.78, 5) is 0. The molecule has 0 aromatic carbocycles. The van der Waals surface area contributed by atoms with E-state index in [1.165, 1.54) is 0 Å². The van der Waals surface area contributed by atoms with Gasteiger partial charge >= 0.3 is 0 Å². The van der Waals surface area contributed by atoms with Gasteiger partial charge < -0.3 is 5.11 Å². The predicted molar refractivity (Wildman–Crippen MR) is 29.0 cm³/mol. The van der Waals surface area contributed by atoms with E-state index >= 15 is 0 Å². The van der Waals surface area contributed by atoms with Crippen LogP contribution in [0.3, 0.4) is 0 Å². The summed E-state index contributed by atoms with van der Waals surface area (Å²) in [6.45, 7) is 0. The van der Waals surface area contributed by atoms with Gasteiger partial charge in [0.2, 0.25) is 0 Å². The van der Waals surface area contributed by atoms with Gasteiger partial charge in [0.15, 0.2) is 0 Å². The predicted octanol–water partition coefficient (Wildman–Crippen LogP) is 0.671. The van der Waals surface area contributed by atoms with E-state index in [9.17, 15) is 0 Å². The molecule has 0 radical (unpaired) electrons. The average molecular weight is 111 g/mol. The van der Waals surface area contributed by atoms with Crippen molar-refractivity contribution in [2.24, 2.45) is 5.92 Å². The first-order valence-corrected chi connectivity index (χ1v) is 2.92. The van der Waals surface area contributed by atoms with E-state index in [4.69, 9.17) is 10.4 Å². The summed E-state index contributed by atoms with van der Waals surface area (Å²) >= 11 is 0. The van der Waals surface area contributed by atoms with Crippen LogP contribution in [0.15, 0.2) is 0 Å². The zero-order valence-corrected chi connectivity index (χ0v) is 4.67. The molecule has 0 unspecified atom stereocenters. The number of hydrogen-bond acceptors (Lipinski definition) is 2. The molecule has 2 atom stereocenters.